The zero-order valence-electron chi connectivity index (χ0n) is 17.5. The molecule has 1 N–H and O–H groups in total. The smallest absolute Gasteiger partial charge is 0.193 e. The maximum atomic E-state index is 6.10. The number of hydrogen-bond donors (Lipinski definition) is 1. The van der Waals surface area contributed by atoms with Crippen molar-refractivity contribution in [3.63, 3.8) is 0 Å². The van der Waals surface area contributed by atoms with Crippen LogP contribution in [0.1, 0.15) is 33.1 Å². The third-order valence-electron chi connectivity index (χ3n) is 4.97. The topological polar surface area (TPSA) is 40.1 Å². The van der Waals surface area contributed by atoms with Crippen molar-refractivity contribution in [2.75, 3.05) is 40.8 Å². The highest BCUT2D eigenvalue weighted by Crippen LogP contribution is 2.18. The highest BCUT2D eigenvalue weighted by atomic mass is 127. The number of rotatable bonds is 7. The van der Waals surface area contributed by atoms with Crippen LogP contribution in [-0.2, 0) is 0 Å². The second kappa shape index (κ2) is 12.4. The van der Waals surface area contributed by atoms with E-state index < -0.39 is 0 Å². The molecule has 0 saturated carbocycles. The van der Waals surface area contributed by atoms with Crippen molar-refractivity contribution < 1.29 is 4.74 Å². The Morgan fingerprint density at radius 3 is 2.37 bits per heavy atom. The molecule has 5 nitrogen and oxygen atoms in total. The van der Waals surface area contributed by atoms with Crippen molar-refractivity contribution in [1.29, 1.82) is 0 Å². The molecule has 0 aliphatic carbocycles. The Bertz CT molecular complexity index is 542. The minimum Gasteiger partial charge on any atom is -0.490 e. The standard InChI is InChI=1S/C21H36N4O.HI/c1-17(2)15-18(24(4)5)16-23-21(22-3)25-13-11-20(12-14-25)26-19-9-7-6-8-10-19;/h6-10,17-18,20H,11-16H2,1-5H3,(H,22,23);1H. The number of halogens is 1. The lowest BCUT2D eigenvalue weighted by Gasteiger charge is -2.35. The van der Waals surface area contributed by atoms with Crippen molar-refractivity contribution in [2.45, 2.75) is 45.3 Å². The van der Waals surface area contributed by atoms with Crippen LogP contribution in [0.15, 0.2) is 35.3 Å². The van der Waals surface area contributed by atoms with Gasteiger partial charge in [0.1, 0.15) is 11.9 Å². The molecule has 6 heteroatoms. The SMILES string of the molecule is CN=C(NCC(CC(C)C)N(C)C)N1CCC(Oc2ccccc2)CC1.I. The predicted molar refractivity (Wildman–Crippen MR) is 125 cm³/mol. The van der Waals surface area contributed by atoms with E-state index in [-0.39, 0.29) is 24.0 Å². The first-order valence-corrected chi connectivity index (χ1v) is 9.83. The Morgan fingerprint density at radius 2 is 1.85 bits per heavy atom. The van der Waals surface area contributed by atoms with Gasteiger partial charge in [0.15, 0.2) is 5.96 Å². The largest absolute Gasteiger partial charge is 0.490 e. The van der Waals surface area contributed by atoms with E-state index in [1.54, 1.807) is 0 Å². The van der Waals surface area contributed by atoms with Crippen LogP contribution in [0.4, 0.5) is 0 Å². The monoisotopic (exact) mass is 488 g/mol. The Balaban J connectivity index is 0.00000364. The van der Waals surface area contributed by atoms with E-state index in [2.05, 4.69) is 48.1 Å². The fraction of sp³-hybridized carbons (Fsp3) is 0.667. The van der Waals surface area contributed by atoms with Crippen LogP contribution in [0.25, 0.3) is 0 Å². The first-order valence-electron chi connectivity index (χ1n) is 9.83. The number of piperidine rings is 1. The van der Waals surface area contributed by atoms with Crippen LogP contribution >= 0.6 is 24.0 Å². The second-order valence-corrected chi connectivity index (χ2v) is 7.79. The second-order valence-electron chi connectivity index (χ2n) is 7.79. The van der Waals surface area contributed by atoms with Crippen molar-refractivity contribution in [2.24, 2.45) is 10.9 Å². The molecule has 2 rings (SSSR count). The summed E-state index contributed by atoms with van der Waals surface area (Å²) >= 11 is 0. The summed E-state index contributed by atoms with van der Waals surface area (Å²) in [5, 5.41) is 3.58. The number of benzene rings is 1. The van der Waals surface area contributed by atoms with E-state index in [0.717, 1.165) is 44.2 Å². The Kier molecular flexibility index (Phi) is 11.1. The molecule has 0 aromatic heterocycles. The minimum atomic E-state index is 0. The van der Waals surface area contributed by atoms with Crippen molar-refractivity contribution >= 4 is 29.9 Å². The Labute approximate surface area is 182 Å². The van der Waals surface area contributed by atoms with Crippen LogP contribution in [0, 0.1) is 5.92 Å². The van der Waals surface area contributed by atoms with Gasteiger partial charge in [-0.1, -0.05) is 32.0 Å². The molecule has 1 aliphatic heterocycles. The van der Waals surface area contributed by atoms with Gasteiger partial charge in [0.25, 0.3) is 0 Å². The summed E-state index contributed by atoms with van der Waals surface area (Å²) in [5.74, 6) is 2.67. The van der Waals surface area contributed by atoms with E-state index in [0.29, 0.717) is 18.1 Å². The van der Waals surface area contributed by atoms with E-state index in [1.807, 2.05) is 37.4 Å². The van der Waals surface area contributed by atoms with Crippen molar-refractivity contribution in [3.05, 3.63) is 30.3 Å². The number of nitrogens with zero attached hydrogens (tertiary/aromatic N) is 3. The number of para-hydroxylation sites is 1. The number of likely N-dealkylation sites (N-methyl/N-ethyl adjacent to an activating group) is 1. The first kappa shape index (κ1) is 24.0. The molecule has 0 bridgehead atoms. The molecule has 1 aliphatic rings. The van der Waals surface area contributed by atoms with Gasteiger partial charge < -0.3 is 19.9 Å². The summed E-state index contributed by atoms with van der Waals surface area (Å²) in [5.41, 5.74) is 0. The van der Waals surface area contributed by atoms with Gasteiger partial charge in [-0.25, -0.2) is 0 Å². The van der Waals surface area contributed by atoms with Crippen molar-refractivity contribution in [3.8, 4) is 5.75 Å². The van der Waals surface area contributed by atoms with Crippen LogP contribution < -0.4 is 10.1 Å². The van der Waals surface area contributed by atoms with Crippen LogP contribution in [0.3, 0.4) is 0 Å². The molecule has 27 heavy (non-hydrogen) atoms. The molecular formula is C21H37IN4O. The van der Waals surface area contributed by atoms with Gasteiger partial charge in [0, 0.05) is 45.6 Å². The highest BCUT2D eigenvalue weighted by Gasteiger charge is 2.23. The molecule has 0 spiro atoms. The van der Waals surface area contributed by atoms with E-state index in [4.69, 9.17) is 4.74 Å². The van der Waals surface area contributed by atoms with E-state index in [9.17, 15) is 0 Å². The maximum Gasteiger partial charge on any atom is 0.193 e. The lowest BCUT2D eigenvalue weighted by molar-refractivity contribution is 0.129. The number of guanidine groups is 1. The fourth-order valence-electron chi connectivity index (χ4n) is 3.44. The van der Waals surface area contributed by atoms with Crippen LogP contribution in [0.2, 0.25) is 0 Å². The molecule has 154 valence electrons. The molecule has 0 amide bonds. The number of ether oxygens (including phenoxy) is 1. The number of aliphatic imine (C=N–C) groups is 1. The minimum absolute atomic E-state index is 0. The number of hydrogen-bond acceptors (Lipinski definition) is 3. The van der Waals surface area contributed by atoms with E-state index in [1.165, 1.54) is 6.42 Å². The lowest BCUT2D eigenvalue weighted by Crippen LogP contribution is -2.50. The average molecular weight is 488 g/mol. The third-order valence-corrected chi connectivity index (χ3v) is 4.97. The zero-order valence-corrected chi connectivity index (χ0v) is 19.8. The van der Waals surface area contributed by atoms with E-state index >= 15 is 0 Å². The molecule has 1 atom stereocenters. The molecule has 0 radical (unpaired) electrons. The first-order chi connectivity index (χ1) is 12.5. The number of likely N-dealkylation sites (tertiary alicyclic amines) is 1. The third kappa shape index (κ3) is 8.25. The molecule has 1 unspecified atom stereocenters. The molecule has 1 saturated heterocycles. The fourth-order valence-corrected chi connectivity index (χ4v) is 3.44. The molecule has 1 fully saturated rings. The highest BCUT2D eigenvalue weighted by molar-refractivity contribution is 14.0. The maximum absolute atomic E-state index is 6.10. The molecule has 1 aromatic rings. The van der Waals surface area contributed by atoms with Gasteiger partial charge >= 0.3 is 0 Å². The molecule has 1 aromatic carbocycles. The Morgan fingerprint density at radius 1 is 1.22 bits per heavy atom. The summed E-state index contributed by atoms with van der Waals surface area (Å²) in [6.45, 7) is 7.45. The number of nitrogens with one attached hydrogen (secondary N) is 1. The van der Waals surface area contributed by atoms with Gasteiger partial charge in [-0.2, -0.15) is 0 Å². The summed E-state index contributed by atoms with van der Waals surface area (Å²) in [4.78, 5) is 9.16. The average Bonchev–Trinajstić information content (AvgIpc) is 2.63. The van der Waals surface area contributed by atoms with Gasteiger partial charge in [0.05, 0.1) is 0 Å². The van der Waals surface area contributed by atoms with Crippen molar-refractivity contribution in [1.82, 2.24) is 15.1 Å². The normalized spacial score (nSPS) is 17.0. The zero-order chi connectivity index (χ0) is 18.9. The molecule has 1 heterocycles. The molecular weight excluding hydrogens is 451 g/mol. The predicted octanol–water partition coefficient (Wildman–Crippen LogP) is 3.70. The van der Waals surface area contributed by atoms with Crippen LogP contribution in [-0.4, -0.2) is 68.7 Å². The summed E-state index contributed by atoms with van der Waals surface area (Å²) in [6.07, 6.45) is 3.53. The van der Waals surface area contributed by atoms with Crippen LogP contribution in [0.5, 0.6) is 5.75 Å². The quantitative estimate of drug-likeness (QED) is 0.361. The van der Waals surface area contributed by atoms with Gasteiger partial charge in [-0.3, -0.25) is 4.99 Å². The van der Waals surface area contributed by atoms with Gasteiger partial charge in [-0.15, -0.1) is 24.0 Å². The summed E-state index contributed by atoms with van der Waals surface area (Å²) < 4.78 is 6.10. The summed E-state index contributed by atoms with van der Waals surface area (Å²) in [7, 11) is 6.19. The van der Waals surface area contributed by atoms with Gasteiger partial charge in [-0.05, 0) is 38.6 Å². The summed E-state index contributed by atoms with van der Waals surface area (Å²) in [6, 6.07) is 10.6. The Hall–Kier alpha value is -1.02. The lowest BCUT2D eigenvalue weighted by atomic mass is 10.0. The van der Waals surface area contributed by atoms with Gasteiger partial charge in [0.2, 0.25) is 0 Å².